The standard InChI is InChI=1S/C31H31N/c1-7-22-23-14-8-9-15-24(23)30(3,4)27(22)20-21(2)32-28-18-12-10-16-25(28)31(5,6)26-17-11-13-19-29(26)32/h7-20H,1H2,2-6H3. The van der Waals surface area contributed by atoms with Crippen LogP contribution >= 0.6 is 0 Å². The highest BCUT2D eigenvalue weighted by Crippen LogP contribution is 2.52. The molecular formula is C31H31N. The number of hydrogen-bond donors (Lipinski definition) is 0. The van der Waals surface area contributed by atoms with Gasteiger partial charge in [-0.15, -0.1) is 0 Å². The summed E-state index contributed by atoms with van der Waals surface area (Å²) < 4.78 is 0. The minimum absolute atomic E-state index is 0.0433. The van der Waals surface area contributed by atoms with Crippen LogP contribution in [-0.2, 0) is 10.8 Å². The van der Waals surface area contributed by atoms with Gasteiger partial charge in [-0.05, 0) is 58.5 Å². The number of benzene rings is 3. The fraction of sp³-hybridized carbons (Fsp3) is 0.226. The average Bonchev–Trinajstić information content (AvgIpc) is 3.00. The van der Waals surface area contributed by atoms with E-state index in [1.807, 2.05) is 6.08 Å². The Kier molecular flexibility index (Phi) is 4.57. The van der Waals surface area contributed by atoms with Crippen LogP contribution in [0.4, 0.5) is 11.4 Å². The van der Waals surface area contributed by atoms with E-state index in [-0.39, 0.29) is 10.8 Å². The van der Waals surface area contributed by atoms with Crippen molar-refractivity contribution in [1.82, 2.24) is 0 Å². The van der Waals surface area contributed by atoms with Gasteiger partial charge in [-0.2, -0.15) is 0 Å². The third kappa shape index (κ3) is 2.77. The molecule has 0 saturated carbocycles. The summed E-state index contributed by atoms with van der Waals surface area (Å²) in [5, 5.41) is 0. The topological polar surface area (TPSA) is 3.24 Å². The largest absolute Gasteiger partial charge is 0.314 e. The normalized spacial score (nSPS) is 18.2. The Morgan fingerprint density at radius 3 is 1.78 bits per heavy atom. The number of para-hydroxylation sites is 2. The van der Waals surface area contributed by atoms with E-state index in [1.54, 1.807) is 0 Å². The molecule has 3 aromatic rings. The van der Waals surface area contributed by atoms with Gasteiger partial charge in [0.05, 0.1) is 0 Å². The first-order valence-corrected chi connectivity index (χ1v) is 11.4. The van der Waals surface area contributed by atoms with Gasteiger partial charge >= 0.3 is 0 Å². The van der Waals surface area contributed by atoms with Crippen LogP contribution in [0.2, 0.25) is 0 Å². The van der Waals surface area contributed by atoms with Gasteiger partial charge in [0.2, 0.25) is 0 Å². The van der Waals surface area contributed by atoms with Crippen molar-refractivity contribution in [2.45, 2.75) is 45.4 Å². The molecule has 32 heavy (non-hydrogen) atoms. The van der Waals surface area contributed by atoms with Crippen molar-refractivity contribution in [3.8, 4) is 0 Å². The first-order chi connectivity index (χ1) is 15.3. The fourth-order valence-electron chi connectivity index (χ4n) is 5.69. The van der Waals surface area contributed by atoms with Crippen molar-refractivity contribution in [2.75, 3.05) is 4.90 Å². The quantitative estimate of drug-likeness (QED) is 0.414. The Balaban J connectivity index is 1.73. The second-order valence-electron chi connectivity index (χ2n) is 9.98. The Morgan fingerprint density at radius 2 is 1.22 bits per heavy atom. The summed E-state index contributed by atoms with van der Waals surface area (Å²) in [5.74, 6) is 0. The lowest BCUT2D eigenvalue weighted by atomic mass is 9.73. The summed E-state index contributed by atoms with van der Waals surface area (Å²) in [6, 6.07) is 26.4. The number of hydrogen-bond acceptors (Lipinski definition) is 1. The van der Waals surface area contributed by atoms with Gasteiger partial charge in [0, 0.05) is 27.9 Å². The molecule has 0 aromatic heterocycles. The average molecular weight is 418 g/mol. The van der Waals surface area contributed by atoms with E-state index in [9.17, 15) is 0 Å². The number of nitrogens with zero attached hydrogens (tertiary/aromatic N) is 1. The molecule has 0 saturated heterocycles. The lowest BCUT2D eigenvalue weighted by Crippen LogP contribution is -2.32. The van der Waals surface area contributed by atoms with E-state index in [2.05, 4.69) is 125 Å². The zero-order chi connectivity index (χ0) is 22.7. The molecule has 1 aliphatic carbocycles. The van der Waals surface area contributed by atoms with Gasteiger partial charge in [-0.3, -0.25) is 0 Å². The van der Waals surface area contributed by atoms with E-state index in [0.717, 1.165) is 0 Å². The smallest absolute Gasteiger partial charge is 0.0499 e. The van der Waals surface area contributed by atoms with Gasteiger partial charge in [0.1, 0.15) is 0 Å². The molecule has 0 amide bonds. The maximum absolute atomic E-state index is 4.17. The minimum Gasteiger partial charge on any atom is -0.314 e. The van der Waals surface area contributed by atoms with E-state index < -0.39 is 0 Å². The monoisotopic (exact) mass is 417 g/mol. The molecule has 2 aliphatic rings. The summed E-state index contributed by atoms with van der Waals surface area (Å²) in [7, 11) is 0. The summed E-state index contributed by atoms with van der Waals surface area (Å²) in [5.41, 5.74) is 11.6. The number of rotatable bonds is 3. The van der Waals surface area contributed by atoms with Crippen molar-refractivity contribution < 1.29 is 0 Å². The first-order valence-electron chi connectivity index (χ1n) is 11.4. The van der Waals surface area contributed by atoms with Crippen LogP contribution in [0.15, 0.2) is 103 Å². The molecule has 0 unspecified atom stereocenters. The van der Waals surface area contributed by atoms with E-state index >= 15 is 0 Å². The molecule has 5 rings (SSSR count). The molecule has 0 radical (unpaired) electrons. The zero-order valence-corrected chi connectivity index (χ0v) is 19.7. The third-order valence-electron chi connectivity index (χ3n) is 7.40. The second-order valence-corrected chi connectivity index (χ2v) is 9.98. The molecule has 1 aliphatic heterocycles. The fourth-order valence-corrected chi connectivity index (χ4v) is 5.69. The van der Waals surface area contributed by atoms with Crippen molar-refractivity contribution in [3.63, 3.8) is 0 Å². The van der Waals surface area contributed by atoms with Crippen molar-refractivity contribution in [3.05, 3.63) is 125 Å². The van der Waals surface area contributed by atoms with Crippen molar-refractivity contribution in [2.24, 2.45) is 0 Å². The summed E-state index contributed by atoms with van der Waals surface area (Å²) in [6.07, 6.45) is 4.40. The molecule has 160 valence electrons. The number of fused-ring (bicyclic) bond motifs is 3. The Bertz CT molecular complexity index is 1250. The van der Waals surface area contributed by atoms with Crippen LogP contribution in [0.25, 0.3) is 5.57 Å². The maximum atomic E-state index is 4.17. The van der Waals surface area contributed by atoms with E-state index in [0.29, 0.717) is 0 Å². The predicted molar refractivity (Wildman–Crippen MR) is 137 cm³/mol. The van der Waals surface area contributed by atoms with E-state index in [4.69, 9.17) is 0 Å². The highest BCUT2D eigenvalue weighted by molar-refractivity contribution is 5.88. The van der Waals surface area contributed by atoms with Crippen LogP contribution in [0, 0.1) is 0 Å². The minimum atomic E-state index is -0.0739. The molecule has 1 nitrogen and oxygen atoms in total. The van der Waals surface area contributed by atoms with E-state index in [1.165, 1.54) is 50.5 Å². The summed E-state index contributed by atoms with van der Waals surface area (Å²) in [6.45, 7) is 15.7. The molecule has 0 spiro atoms. The Labute approximate surface area is 192 Å². The van der Waals surface area contributed by atoms with Crippen LogP contribution in [0.1, 0.15) is 56.9 Å². The van der Waals surface area contributed by atoms with Gasteiger partial charge in [-0.25, -0.2) is 0 Å². The molecule has 3 aromatic carbocycles. The third-order valence-corrected chi connectivity index (χ3v) is 7.40. The van der Waals surface area contributed by atoms with Gasteiger partial charge in [0.25, 0.3) is 0 Å². The molecule has 0 atom stereocenters. The second kappa shape index (κ2) is 7.10. The van der Waals surface area contributed by atoms with Gasteiger partial charge < -0.3 is 4.90 Å². The summed E-state index contributed by atoms with van der Waals surface area (Å²) >= 11 is 0. The zero-order valence-electron chi connectivity index (χ0n) is 19.7. The molecule has 0 bridgehead atoms. The van der Waals surface area contributed by atoms with Crippen LogP contribution in [0.5, 0.6) is 0 Å². The summed E-state index contributed by atoms with van der Waals surface area (Å²) in [4.78, 5) is 2.43. The number of anilines is 2. The number of allylic oxidation sites excluding steroid dienone is 5. The molecule has 0 N–H and O–H groups in total. The Hall–Kier alpha value is -3.32. The first kappa shape index (κ1) is 20.6. The lowest BCUT2D eigenvalue weighted by molar-refractivity contribution is 0.629. The maximum Gasteiger partial charge on any atom is 0.0499 e. The highest BCUT2D eigenvalue weighted by atomic mass is 15.2. The Morgan fingerprint density at radius 1 is 0.719 bits per heavy atom. The van der Waals surface area contributed by atoms with Crippen molar-refractivity contribution in [1.29, 1.82) is 0 Å². The van der Waals surface area contributed by atoms with Crippen LogP contribution in [0.3, 0.4) is 0 Å². The molecule has 1 heteroatoms. The van der Waals surface area contributed by atoms with Gasteiger partial charge in [-0.1, -0.05) is 101 Å². The van der Waals surface area contributed by atoms with Crippen LogP contribution < -0.4 is 4.90 Å². The van der Waals surface area contributed by atoms with Gasteiger partial charge in [0.15, 0.2) is 0 Å². The lowest BCUT2D eigenvalue weighted by Gasteiger charge is -2.42. The SMILES string of the molecule is C=CC1=C(C=C(C)N2c3ccccc3C(C)(C)c3ccccc32)C(C)(C)c2ccccc21. The molecule has 0 fully saturated rings. The highest BCUT2D eigenvalue weighted by Gasteiger charge is 2.38. The predicted octanol–water partition coefficient (Wildman–Crippen LogP) is 8.30. The molecular weight excluding hydrogens is 386 g/mol. The van der Waals surface area contributed by atoms with Crippen LogP contribution in [-0.4, -0.2) is 0 Å². The van der Waals surface area contributed by atoms with Crippen molar-refractivity contribution >= 4 is 16.9 Å². The molecule has 1 heterocycles.